The van der Waals surface area contributed by atoms with E-state index in [-0.39, 0.29) is 78.6 Å². The van der Waals surface area contributed by atoms with E-state index in [9.17, 15) is 42.9 Å². The number of hydrazine groups is 1. The summed E-state index contributed by atoms with van der Waals surface area (Å²) in [6, 6.07) is 4.82. The molecule has 4 saturated carbocycles. The van der Waals surface area contributed by atoms with Crippen molar-refractivity contribution in [3.63, 3.8) is 0 Å². The smallest absolute Gasteiger partial charge is 0.409 e. The highest BCUT2D eigenvalue weighted by molar-refractivity contribution is 7.85. The molecule has 2 saturated heterocycles. The number of ether oxygens (including phenoxy) is 5. The Morgan fingerprint density at radius 1 is 1.03 bits per heavy atom. The fourth-order valence-electron chi connectivity index (χ4n) is 12.6. The van der Waals surface area contributed by atoms with E-state index in [1.165, 1.54) is 16.2 Å². The first-order chi connectivity index (χ1) is 32.8. The van der Waals surface area contributed by atoms with Crippen LogP contribution in [0.5, 0.6) is 5.75 Å². The molecule has 4 aliphatic carbocycles. The molecule has 1 aromatic rings. The second-order valence-electron chi connectivity index (χ2n) is 21.5. The molecule has 6 fully saturated rings. The van der Waals surface area contributed by atoms with Crippen molar-refractivity contribution in [2.45, 2.75) is 148 Å². The maximum Gasteiger partial charge on any atom is 0.409 e. The van der Waals surface area contributed by atoms with E-state index in [1.54, 1.807) is 19.2 Å². The van der Waals surface area contributed by atoms with Crippen LogP contribution < -0.4 is 10.1 Å². The number of aryl methyl sites for hydroxylation is 1. The van der Waals surface area contributed by atoms with Crippen molar-refractivity contribution in [3.8, 4) is 5.75 Å². The number of rotatable bonds is 26. The lowest BCUT2D eigenvalue weighted by Crippen LogP contribution is -2.66. The van der Waals surface area contributed by atoms with Gasteiger partial charge in [0.25, 0.3) is 10.1 Å². The van der Waals surface area contributed by atoms with Crippen LogP contribution in [0.15, 0.2) is 30.5 Å². The molecule has 7 rings (SSSR count). The van der Waals surface area contributed by atoms with Crippen LogP contribution in [0.1, 0.15) is 109 Å². The van der Waals surface area contributed by atoms with Crippen molar-refractivity contribution in [1.29, 1.82) is 0 Å². The molecule has 0 radical (unpaired) electrons. The SMILES string of the molecule is C=C(C)N(CC12CC3(C)CC(C)(C1)CC(OCCN(C)C(=O)OCc1ccc(CCCCNC(=O)CN4C(=O)CC[C@H]4COCCS(=O)(=O)O)cc1O[C@@H]1O[C@H](C(=O)O)C[C@H](O)[C@H]1O)(C3)C2)N(C)CC. The summed E-state index contributed by atoms with van der Waals surface area (Å²) in [6.45, 7) is 15.5. The number of amides is 3. The van der Waals surface area contributed by atoms with Gasteiger partial charge < -0.3 is 59.1 Å². The predicted octanol–water partition coefficient (Wildman–Crippen LogP) is 3.73. The van der Waals surface area contributed by atoms with Crippen LogP contribution >= 0.6 is 0 Å². The van der Waals surface area contributed by atoms with E-state index >= 15 is 0 Å². The second kappa shape index (κ2) is 22.8. The lowest BCUT2D eigenvalue weighted by atomic mass is 9.39. The number of hydrogen-bond acceptors (Lipinski definition) is 15. The molecule has 20 nitrogen and oxygen atoms in total. The topological polar surface area (TPSA) is 254 Å². The number of hydrogen-bond donors (Lipinski definition) is 5. The number of likely N-dealkylation sites (N-methyl/N-ethyl adjacent to an activating group) is 1. The molecule has 2 aliphatic heterocycles. The van der Waals surface area contributed by atoms with Gasteiger partial charge in [0.1, 0.15) is 18.5 Å². The van der Waals surface area contributed by atoms with E-state index in [4.69, 9.17) is 28.2 Å². The Labute approximate surface area is 412 Å². The number of aliphatic hydroxyl groups excluding tert-OH is 2. The predicted molar refractivity (Wildman–Crippen MR) is 256 cm³/mol. The van der Waals surface area contributed by atoms with Crippen LogP contribution in [0.3, 0.4) is 0 Å². The van der Waals surface area contributed by atoms with Crippen molar-refractivity contribution >= 4 is 34.0 Å². The number of benzene rings is 1. The Morgan fingerprint density at radius 2 is 1.74 bits per heavy atom. The third kappa shape index (κ3) is 14.3. The third-order valence-electron chi connectivity index (χ3n) is 14.8. The number of carbonyl (C=O) groups is 4. The van der Waals surface area contributed by atoms with Crippen LogP contribution in [0.25, 0.3) is 0 Å². The maximum absolute atomic E-state index is 13.5. The molecule has 5 N–H and O–H groups in total. The van der Waals surface area contributed by atoms with Crippen LogP contribution in [0, 0.1) is 16.2 Å². The minimum Gasteiger partial charge on any atom is -0.479 e. The van der Waals surface area contributed by atoms with Crippen LogP contribution in [-0.4, -0.2) is 181 Å². The number of aliphatic carboxylic acids is 1. The molecule has 21 heteroatoms. The fourth-order valence-corrected chi connectivity index (χ4v) is 12.9. The molecule has 2 heterocycles. The first kappa shape index (κ1) is 55.2. The second-order valence-corrected chi connectivity index (χ2v) is 23.1. The van der Waals surface area contributed by atoms with Gasteiger partial charge in [-0.05, 0) is 99.0 Å². The van der Waals surface area contributed by atoms with E-state index in [2.05, 4.69) is 56.7 Å². The Bertz CT molecular complexity index is 2140. The molecule has 70 heavy (non-hydrogen) atoms. The largest absolute Gasteiger partial charge is 0.479 e. The minimum atomic E-state index is -4.18. The van der Waals surface area contributed by atoms with Crippen LogP contribution in [0.4, 0.5) is 4.79 Å². The number of nitrogens with one attached hydrogen (secondary N) is 1. The lowest BCUT2D eigenvalue weighted by Gasteiger charge is -2.69. The summed E-state index contributed by atoms with van der Waals surface area (Å²) >= 11 is 0. The molecule has 7 atom stereocenters. The standard InChI is InChI=1S/C49H77N5O15S/c1-8-52(7)54(33(2)3)32-48-27-46(4)26-47(5,28-48)30-49(29-46,31-48)67-18-17-51(6)45(61)66-24-35-13-12-34(21-38(35)68-44-42(58)37(55)22-39(69-44)43(59)60)11-9-10-16-50-40(56)23-53-36(14-15-41(53)57)25-65-19-20-70(62,63)64/h12-13,21,36-37,39,42,44,55,58H,2,8-11,14-20,22-32H2,1,3-7H3,(H,50,56)(H,59,60)(H,62,63,64)/t36-,37-,39-,42+,44+,46?,47?,48?,49?/m0/s1. The van der Waals surface area contributed by atoms with Gasteiger partial charge in [0.2, 0.25) is 18.1 Å². The molecule has 0 aromatic heterocycles. The minimum absolute atomic E-state index is 0.0369. The molecule has 4 bridgehead atoms. The van der Waals surface area contributed by atoms with Crippen molar-refractivity contribution in [2.75, 3.05) is 72.4 Å². The third-order valence-corrected chi connectivity index (χ3v) is 15.5. The normalized spacial score (nSPS) is 30.4. The highest BCUT2D eigenvalue weighted by atomic mass is 32.2. The number of allylic oxidation sites excluding steroid dienone is 1. The summed E-state index contributed by atoms with van der Waals surface area (Å²) in [4.78, 5) is 53.4. The molecule has 0 spiro atoms. The number of aliphatic hydroxyl groups is 2. The number of carboxylic acids is 1. The highest BCUT2D eigenvalue weighted by Crippen LogP contribution is 2.71. The Morgan fingerprint density at radius 3 is 2.40 bits per heavy atom. The van der Waals surface area contributed by atoms with E-state index in [1.807, 2.05) is 6.07 Å². The number of carbonyl (C=O) groups excluding carboxylic acids is 3. The first-order valence-corrected chi connectivity index (χ1v) is 26.2. The monoisotopic (exact) mass is 1010 g/mol. The number of nitrogens with zero attached hydrogens (tertiary/aromatic N) is 4. The quantitative estimate of drug-likeness (QED) is 0.0504. The fraction of sp³-hybridized carbons (Fsp3) is 0.755. The maximum atomic E-state index is 13.5. The summed E-state index contributed by atoms with van der Waals surface area (Å²) < 4.78 is 60.5. The number of unbranched alkanes of at least 4 members (excludes halogenated alkanes) is 1. The van der Waals surface area contributed by atoms with Gasteiger partial charge in [0, 0.05) is 64.4 Å². The van der Waals surface area contributed by atoms with E-state index in [0.29, 0.717) is 50.9 Å². The van der Waals surface area contributed by atoms with Gasteiger partial charge in [-0.15, -0.1) is 0 Å². The van der Waals surface area contributed by atoms with E-state index in [0.717, 1.165) is 56.5 Å². The summed E-state index contributed by atoms with van der Waals surface area (Å²) in [7, 11) is -0.415. The Hall–Kier alpha value is -4.09. The molecule has 3 amide bonds. The Kier molecular flexibility index (Phi) is 18.0. The average Bonchev–Trinajstić information content (AvgIpc) is 3.60. The molecule has 6 aliphatic rings. The highest BCUT2D eigenvalue weighted by Gasteiger charge is 2.66. The Balaban J connectivity index is 1.03. The zero-order chi connectivity index (χ0) is 51.2. The van der Waals surface area contributed by atoms with Gasteiger partial charge in [-0.1, -0.05) is 39.5 Å². The molecule has 394 valence electrons. The first-order valence-electron chi connectivity index (χ1n) is 24.6. The van der Waals surface area contributed by atoms with E-state index < -0.39 is 58.6 Å². The van der Waals surface area contributed by atoms with Gasteiger partial charge in [-0.25, -0.2) is 14.6 Å². The number of carboxylic acid groups (broad SMARTS) is 1. The van der Waals surface area contributed by atoms with Crippen molar-refractivity contribution < 1.29 is 71.2 Å². The van der Waals surface area contributed by atoms with Crippen molar-refractivity contribution in [1.82, 2.24) is 25.1 Å². The van der Waals surface area contributed by atoms with Gasteiger partial charge in [-0.2, -0.15) is 8.42 Å². The molecular weight excluding hydrogens is 931 g/mol. The summed E-state index contributed by atoms with van der Waals surface area (Å²) in [5, 5.41) is 38.3. The van der Waals surface area contributed by atoms with Gasteiger partial charge >= 0.3 is 12.1 Å². The summed E-state index contributed by atoms with van der Waals surface area (Å²) in [5.41, 5.74) is 2.30. The van der Waals surface area contributed by atoms with Gasteiger partial charge in [0.15, 0.2) is 6.10 Å². The molecular formula is C49H77N5O15S. The lowest BCUT2D eigenvalue weighted by molar-refractivity contribution is -0.252. The molecule has 1 aromatic carbocycles. The average molecular weight is 1010 g/mol. The van der Waals surface area contributed by atoms with Crippen LogP contribution in [0.2, 0.25) is 0 Å². The zero-order valence-corrected chi connectivity index (χ0v) is 42.7. The number of likely N-dealkylation sites (tertiary alicyclic amines) is 1. The zero-order valence-electron chi connectivity index (χ0n) is 41.9. The van der Waals surface area contributed by atoms with Gasteiger partial charge in [-0.3, -0.25) is 14.1 Å². The van der Waals surface area contributed by atoms with Gasteiger partial charge in [0.05, 0.1) is 49.9 Å². The summed E-state index contributed by atoms with van der Waals surface area (Å²) in [5.74, 6) is -2.30. The van der Waals surface area contributed by atoms with Crippen molar-refractivity contribution in [3.05, 3.63) is 41.6 Å². The summed E-state index contributed by atoms with van der Waals surface area (Å²) in [6.07, 6.45) is 1.87. The van der Waals surface area contributed by atoms with Crippen LogP contribution in [-0.2, 0) is 56.5 Å². The molecule has 2 unspecified atom stereocenters. The van der Waals surface area contributed by atoms with Crippen molar-refractivity contribution in [2.24, 2.45) is 16.2 Å².